The van der Waals surface area contributed by atoms with Crippen LogP contribution in [0.15, 0.2) is 30.3 Å². The molecule has 0 heterocycles. The van der Waals surface area contributed by atoms with Crippen molar-refractivity contribution in [2.75, 3.05) is 14.2 Å². The Kier molecular flexibility index (Phi) is 4.63. The monoisotopic (exact) mass is 287 g/mol. The van der Waals surface area contributed by atoms with E-state index < -0.39 is 0 Å². The number of benzene rings is 2. The number of rotatable bonds is 4. The van der Waals surface area contributed by atoms with E-state index in [0.29, 0.717) is 0 Å². The molecule has 0 aliphatic heterocycles. The molecule has 1 N–H and O–H groups in total. The number of halogens is 1. The van der Waals surface area contributed by atoms with Crippen LogP contribution in [0.25, 0.3) is 0 Å². The Balaban J connectivity index is 2.55. The van der Waals surface area contributed by atoms with E-state index >= 15 is 0 Å². The summed E-state index contributed by atoms with van der Waals surface area (Å²) in [5, 5.41) is 3.33. The Bertz CT molecular complexity index is 629. The maximum atomic E-state index is 13.6. The van der Waals surface area contributed by atoms with E-state index in [1.54, 1.807) is 12.1 Å². The second-order valence-corrected chi connectivity index (χ2v) is 5.43. The topological polar surface area (TPSA) is 21.3 Å². The highest BCUT2D eigenvalue weighted by atomic mass is 19.1. The first-order chi connectivity index (χ1) is 9.97. The standard InChI is InChI=1S/C18H22FNO/c1-11-8-12(2)17(13(3)9-11)18(20-4)14-6-7-15(19)16(10-14)21-5/h6-10,18,20H,1-5H3. The third kappa shape index (κ3) is 3.08. The summed E-state index contributed by atoms with van der Waals surface area (Å²) in [6.07, 6.45) is 0. The molecule has 21 heavy (non-hydrogen) atoms. The van der Waals surface area contributed by atoms with E-state index in [4.69, 9.17) is 4.74 Å². The normalized spacial score (nSPS) is 12.3. The van der Waals surface area contributed by atoms with Crippen molar-refractivity contribution < 1.29 is 9.13 Å². The van der Waals surface area contributed by atoms with Crippen molar-refractivity contribution in [3.8, 4) is 5.75 Å². The van der Waals surface area contributed by atoms with Crippen molar-refractivity contribution in [2.24, 2.45) is 0 Å². The Morgan fingerprint density at radius 3 is 2.19 bits per heavy atom. The van der Waals surface area contributed by atoms with Crippen molar-refractivity contribution >= 4 is 0 Å². The molecule has 3 heteroatoms. The van der Waals surface area contributed by atoms with Crippen LogP contribution in [-0.4, -0.2) is 14.2 Å². The van der Waals surface area contributed by atoms with Gasteiger partial charge >= 0.3 is 0 Å². The highest BCUT2D eigenvalue weighted by molar-refractivity contribution is 5.45. The van der Waals surface area contributed by atoms with E-state index in [1.807, 2.05) is 7.05 Å². The minimum absolute atomic E-state index is 0.0140. The largest absolute Gasteiger partial charge is 0.494 e. The lowest BCUT2D eigenvalue weighted by molar-refractivity contribution is 0.385. The fourth-order valence-electron chi connectivity index (χ4n) is 2.98. The SMILES string of the molecule is CNC(c1ccc(F)c(OC)c1)c1c(C)cc(C)cc1C. The number of ether oxygens (including phenoxy) is 1. The van der Waals surface area contributed by atoms with Crippen LogP contribution in [-0.2, 0) is 0 Å². The number of nitrogens with one attached hydrogen (secondary N) is 1. The van der Waals surface area contributed by atoms with Crippen molar-refractivity contribution in [1.29, 1.82) is 0 Å². The van der Waals surface area contributed by atoms with Gasteiger partial charge in [-0.15, -0.1) is 0 Å². The molecule has 2 rings (SSSR count). The molecule has 0 spiro atoms. The summed E-state index contributed by atoms with van der Waals surface area (Å²) in [6, 6.07) is 9.38. The van der Waals surface area contributed by atoms with Gasteiger partial charge in [0.1, 0.15) is 0 Å². The molecule has 0 radical (unpaired) electrons. The second kappa shape index (κ2) is 6.27. The molecule has 0 saturated carbocycles. The molecule has 1 unspecified atom stereocenters. The van der Waals surface area contributed by atoms with E-state index in [2.05, 4.69) is 38.2 Å². The molecule has 1 atom stereocenters. The Hall–Kier alpha value is -1.87. The minimum atomic E-state index is -0.339. The lowest BCUT2D eigenvalue weighted by Crippen LogP contribution is -2.20. The molecule has 2 aromatic carbocycles. The summed E-state index contributed by atoms with van der Waals surface area (Å²) in [5.74, 6) is -0.0661. The minimum Gasteiger partial charge on any atom is -0.494 e. The first kappa shape index (κ1) is 15.5. The first-order valence-corrected chi connectivity index (χ1v) is 7.06. The van der Waals surface area contributed by atoms with E-state index in [0.717, 1.165) is 5.56 Å². The third-order valence-electron chi connectivity index (χ3n) is 3.82. The molecule has 0 aromatic heterocycles. The van der Waals surface area contributed by atoms with Gasteiger partial charge in [0.25, 0.3) is 0 Å². The zero-order valence-electron chi connectivity index (χ0n) is 13.3. The van der Waals surface area contributed by atoms with Gasteiger partial charge in [-0.2, -0.15) is 0 Å². The first-order valence-electron chi connectivity index (χ1n) is 7.06. The van der Waals surface area contributed by atoms with Crippen molar-refractivity contribution in [3.63, 3.8) is 0 Å². The molecule has 2 aromatic rings. The summed E-state index contributed by atoms with van der Waals surface area (Å²) in [7, 11) is 3.40. The summed E-state index contributed by atoms with van der Waals surface area (Å²) < 4.78 is 18.7. The summed E-state index contributed by atoms with van der Waals surface area (Å²) >= 11 is 0. The van der Waals surface area contributed by atoms with Gasteiger partial charge in [-0.1, -0.05) is 23.8 Å². The van der Waals surface area contributed by atoms with Gasteiger partial charge in [0.15, 0.2) is 11.6 Å². The van der Waals surface area contributed by atoms with Crippen LogP contribution in [0.3, 0.4) is 0 Å². The molecule has 0 fully saturated rings. The van der Waals surface area contributed by atoms with Gasteiger partial charge in [0.05, 0.1) is 13.2 Å². The summed E-state index contributed by atoms with van der Waals surface area (Å²) in [6.45, 7) is 6.32. The van der Waals surface area contributed by atoms with Crippen LogP contribution in [0.1, 0.15) is 33.9 Å². The lowest BCUT2D eigenvalue weighted by Gasteiger charge is -2.23. The zero-order valence-corrected chi connectivity index (χ0v) is 13.3. The van der Waals surface area contributed by atoms with Crippen molar-refractivity contribution in [1.82, 2.24) is 5.32 Å². The zero-order chi connectivity index (χ0) is 15.6. The summed E-state index contributed by atoms with van der Waals surface area (Å²) in [5.41, 5.74) is 5.94. The van der Waals surface area contributed by atoms with Gasteiger partial charge in [-0.3, -0.25) is 0 Å². The Morgan fingerprint density at radius 2 is 1.67 bits per heavy atom. The van der Waals surface area contributed by atoms with E-state index in [1.165, 1.54) is 35.4 Å². The number of hydrogen-bond acceptors (Lipinski definition) is 2. The highest BCUT2D eigenvalue weighted by Gasteiger charge is 2.18. The molecule has 0 bridgehead atoms. The van der Waals surface area contributed by atoms with Crippen LogP contribution >= 0.6 is 0 Å². The predicted octanol–water partition coefficient (Wildman–Crippen LogP) is 4.07. The number of hydrogen-bond donors (Lipinski definition) is 1. The van der Waals surface area contributed by atoms with Gasteiger partial charge < -0.3 is 10.1 Å². The fraction of sp³-hybridized carbons (Fsp3) is 0.333. The van der Waals surface area contributed by atoms with Crippen molar-refractivity contribution in [2.45, 2.75) is 26.8 Å². The molecule has 0 saturated heterocycles. The number of methoxy groups -OCH3 is 1. The molecule has 112 valence electrons. The summed E-state index contributed by atoms with van der Waals surface area (Å²) in [4.78, 5) is 0. The van der Waals surface area contributed by atoms with Gasteiger partial charge in [0.2, 0.25) is 0 Å². The van der Waals surface area contributed by atoms with Crippen LogP contribution in [0, 0.1) is 26.6 Å². The van der Waals surface area contributed by atoms with Gasteiger partial charge in [-0.05, 0) is 62.2 Å². The maximum absolute atomic E-state index is 13.6. The highest BCUT2D eigenvalue weighted by Crippen LogP contribution is 2.31. The molecular weight excluding hydrogens is 265 g/mol. The van der Waals surface area contributed by atoms with E-state index in [9.17, 15) is 4.39 Å². The number of aryl methyl sites for hydroxylation is 3. The molecule has 2 nitrogen and oxygen atoms in total. The van der Waals surface area contributed by atoms with E-state index in [-0.39, 0.29) is 17.6 Å². The fourth-order valence-corrected chi connectivity index (χ4v) is 2.98. The van der Waals surface area contributed by atoms with Crippen LogP contribution < -0.4 is 10.1 Å². The maximum Gasteiger partial charge on any atom is 0.165 e. The van der Waals surface area contributed by atoms with Crippen LogP contribution in [0.4, 0.5) is 4.39 Å². The molecule has 0 aliphatic carbocycles. The van der Waals surface area contributed by atoms with Crippen LogP contribution in [0.2, 0.25) is 0 Å². The lowest BCUT2D eigenvalue weighted by atomic mass is 9.90. The second-order valence-electron chi connectivity index (χ2n) is 5.43. The predicted molar refractivity (Wildman–Crippen MR) is 84.5 cm³/mol. The third-order valence-corrected chi connectivity index (χ3v) is 3.82. The average molecular weight is 287 g/mol. The van der Waals surface area contributed by atoms with Crippen LogP contribution in [0.5, 0.6) is 5.75 Å². The average Bonchev–Trinajstić information content (AvgIpc) is 2.43. The van der Waals surface area contributed by atoms with Gasteiger partial charge in [-0.25, -0.2) is 4.39 Å². The van der Waals surface area contributed by atoms with Crippen molar-refractivity contribution in [3.05, 3.63) is 64.0 Å². The Labute approximate surface area is 126 Å². The molecule has 0 amide bonds. The molecular formula is C18H22FNO. The Morgan fingerprint density at radius 1 is 1.05 bits per heavy atom. The smallest absolute Gasteiger partial charge is 0.165 e. The van der Waals surface area contributed by atoms with Gasteiger partial charge in [0, 0.05) is 0 Å². The molecule has 0 aliphatic rings. The quantitative estimate of drug-likeness (QED) is 0.915.